The number of hydrogen-bond donors (Lipinski definition) is 0. The Labute approximate surface area is 89.2 Å². The Morgan fingerprint density at radius 1 is 1.50 bits per heavy atom. The molecule has 0 unspecified atom stereocenters. The van der Waals surface area contributed by atoms with Gasteiger partial charge in [-0.15, -0.1) is 0 Å². The van der Waals surface area contributed by atoms with E-state index in [0.29, 0.717) is 4.47 Å². The number of benzene rings is 1. The summed E-state index contributed by atoms with van der Waals surface area (Å²) in [5.41, 5.74) is 0. The molecule has 0 aliphatic heterocycles. The third-order valence-electron chi connectivity index (χ3n) is 2.02. The van der Waals surface area contributed by atoms with E-state index in [1.807, 2.05) is 0 Å². The van der Waals surface area contributed by atoms with Gasteiger partial charge in [0.2, 0.25) is 0 Å². The number of hydrogen-bond acceptors (Lipinski definition) is 2. The normalized spacial score (nSPS) is 15.3. The second-order valence-corrected chi connectivity index (χ2v) is 4.19. The summed E-state index contributed by atoms with van der Waals surface area (Å²) in [6.07, 6.45) is 1.72. The molecule has 0 heterocycles. The molecule has 0 radical (unpaired) electrons. The first-order valence-electron chi connectivity index (χ1n) is 4.33. The van der Waals surface area contributed by atoms with Gasteiger partial charge in [-0.1, -0.05) is 15.9 Å². The van der Waals surface area contributed by atoms with Gasteiger partial charge in [0.15, 0.2) is 11.6 Å². The van der Waals surface area contributed by atoms with E-state index in [0.717, 1.165) is 12.8 Å². The van der Waals surface area contributed by atoms with E-state index in [-0.39, 0.29) is 17.6 Å². The molecule has 1 aliphatic rings. The minimum Gasteiger partial charge on any atom is -0.423 e. The summed E-state index contributed by atoms with van der Waals surface area (Å²) in [5.74, 6) is -0.859. The highest BCUT2D eigenvalue weighted by atomic mass is 79.9. The van der Waals surface area contributed by atoms with Crippen LogP contribution >= 0.6 is 15.9 Å². The van der Waals surface area contributed by atoms with Crippen molar-refractivity contribution in [1.29, 1.82) is 0 Å². The third-order valence-corrected chi connectivity index (χ3v) is 2.51. The van der Waals surface area contributed by atoms with E-state index >= 15 is 0 Å². The molecule has 2 rings (SSSR count). The largest absolute Gasteiger partial charge is 0.423 e. The van der Waals surface area contributed by atoms with E-state index in [9.17, 15) is 9.18 Å². The number of ether oxygens (including phenoxy) is 1. The van der Waals surface area contributed by atoms with Crippen LogP contribution in [0.4, 0.5) is 4.39 Å². The lowest BCUT2D eigenvalue weighted by Crippen LogP contribution is -2.10. The molecule has 4 heteroatoms. The minimum absolute atomic E-state index is 0.00472. The van der Waals surface area contributed by atoms with Crippen molar-refractivity contribution in [2.45, 2.75) is 12.8 Å². The topological polar surface area (TPSA) is 26.3 Å². The van der Waals surface area contributed by atoms with Crippen LogP contribution in [0.3, 0.4) is 0 Å². The van der Waals surface area contributed by atoms with Crippen molar-refractivity contribution < 1.29 is 13.9 Å². The Hall–Kier alpha value is -0.900. The lowest BCUT2D eigenvalue weighted by Gasteiger charge is -2.04. The molecule has 0 saturated heterocycles. The van der Waals surface area contributed by atoms with Gasteiger partial charge in [0.1, 0.15) is 0 Å². The molecule has 0 N–H and O–H groups in total. The second kappa shape index (κ2) is 3.69. The molecule has 1 fully saturated rings. The van der Waals surface area contributed by atoms with Crippen LogP contribution < -0.4 is 4.74 Å². The molecule has 1 aliphatic carbocycles. The Morgan fingerprint density at radius 3 is 2.79 bits per heavy atom. The van der Waals surface area contributed by atoms with Gasteiger partial charge < -0.3 is 4.74 Å². The van der Waals surface area contributed by atoms with E-state index in [1.54, 1.807) is 6.07 Å². The Kier molecular flexibility index (Phi) is 2.54. The van der Waals surface area contributed by atoms with Crippen molar-refractivity contribution in [1.82, 2.24) is 0 Å². The number of rotatable bonds is 2. The van der Waals surface area contributed by atoms with Gasteiger partial charge in [0, 0.05) is 4.47 Å². The van der Waals surface area contributed by atoms with Crippen LogP contribution in [0.5, 0.6) is 5.75 Å². The maximum absolute atomic E-state index is 13.2. The maximum Gasteiger partial charge on any atom is 0.314 e. The average molecular weight is 259 g/mol. The molecular formula is C10H8BrFO2. The Morgan fingerprint density at radius 2 is 2.21 bits per heavy atom. The molecule has 0 aromatic heterocycles. The molecule has 1 saturated carbocycles. The standard InChI is InChI=1S/C10H8BrFO2/c11-7-3-4-9(8(12)5-7)14-10(13)6-1-2-6/h3-6H,1-2H2. The van der Waals surface area contributed by atoms with Gasteiger partial charge in [-0.05, 0) is 31.0 Å². The molecule has 0 atom stereocenters. The summed E-state index contributed by atoms with van der Waals surface area (Å²) in [5, 5.41) is 0. The molecule has 74 valence electrons. The fourth-order valence-electron chi connectivity index (χ4n) is 1.07. The Bertz CT molecular complexity index is 374. The van der Waals surface area contributed by atoms with Crippen LogP contribution in [0.2, 0.25) is 0 Å². The summed E-state index contributed by atoms with van der Waals surface area (Å²) >= 11 is 3.12. The molecule has 14 heavy (non-hydrogen) atoms. The van der Waals surface area contributed by atoms with Crippen LogP contribution in [-0.4, -0.2) is 5.97 Å². The van der Waals surface area contributed by atoms with E-state index in [2.05, 4.69) is 15.9 Å². The highest BCUT2D eigenvalue weighted by molar-refractivity contribution is 9.10. The van der Waals surface area contributed by atoms with Gasteiger partial charge in [-0.25, -0.2) is 4.39 Å². The molecule has 2 nitrogen and oxygen atoms in total. The number of esters is 1. The predicted molar refractivity (Wildman–Crippen MR) is 52.5 cm³/mol. The van der Waals surface area contributed by atoms with Crippen molar-refractivity contribution in [3.8, 4) is 5.75 Å². The molecular weight excluding hydrogens is 251 g/mol. The van der Waals surface area contributed by atoms with Crippen LogP contribution in [-0.2, 0) is 4.79 Å². The summed E-state index contributed by atoms with van der Waals surface area (Å²) < 4.78 is 18.7. The van der Waals surface area contributed by atoms with Gasteiger partial charge >= 0.3 is 5.97 Å². The van der Waals surface area contributed by atoms with Crippen molar-refractivity contribution in [3.63, 3.8) is 0 Å². The highest BCUT2D eigenvalue weighted by Gasteiger charge is 2.32. The predicted octanol–water partition coefficient (Wildman–Crippen LogP) is 2.90. The van der Waals surface area contributed by atoms with E-state index < -0.39 is 5.82 Å². The van der Waals surface area contributed by atoms with Gasteiger partial charge in [0.05, 0.1) is 5.92 Å². The fraction of sp³-hybridized carbons (Fsp3) is 0.300. The fourth-order valence-corrected chi connectivity index (χ4v) is 1.40. The quantitative estimate of drug-likeness (QED) is 0.603. The first kappa shape index (κ1) is 9.65. The zero-order chi connectivity index (χ0) is 10.1. The molecule has 1 aromatic carbocycles. The van der Waals surface area contributed by atoms with E-state index in [1.165, 1.54) is 12.1 Å². The monoisotopic (exact) mass is 258 g/mol. The van der Waals surface area contributed by atoms with Crippen LogP contribution in [0, 0.1) is 11.7 Å². The molecule has 1 aromatic rings. The second-order valence-electron chi connectivity index (χ2n) is 3.27. The molecule has 0 spiro atoms. The smallest absolute Gasteiger partial charge is 0.314 e. The molecule has 0 bridgehead atoms. The summed E-state index contributed by atoms with van der Waals surface area (Å²) in [6, 6.07) is 4.35. The minimum atomic E-state index is -0.520. The summed E-state index contributed by atoms with van der Waals surface area (Å²) in [4.78, 5) is 11.2. The van der Waals surface area contributed by atoms with Gasteiger partial charge in [-0.3, -0.25) is 4.79 Å². The lowest BCUT2D eigenvalue weighted by atomic mass is 10.3. The van der Waals surface area contributed by atoms with Crippen molar-refractivity contribution >= 4 is 21.9 Å². The SMILES string of the molecule is O=C(Oc1ccc(Br)cc1F)C1CC1. The van der Waals surface area contributed by atoms with Crippen LogP contribution in [0.25, 0.3) is 0 Å². The van der Waals surface area contributed by atoms with Crippen molar-refractivity contribution in [3.05, 3.63) is 28.5 Å². The van der Waals surface area contributed by atoms with Gasteiger partial charge in [-0.2, -0.15) is 0 Å². The lowest BCUT2D eigenvalue weighted by molar-refractivity contribution is -0.136. The average Bonchev–Trinajstić information content (AvgIpc) is 2.92. The first-order chi connectivity index (χ1) is 6.66. The third kappa shape index (κ3) is 2.12. The van der Waals surface area contributed by atoms with Crippen LogP contribution in [0.15, 0.2) is 22.7 Å². The number of halogens is 2. The van der Waals surface area contributed by atoms with Crippen molar-refractivity contribution in [2.24, 2.45) is 5.92 Å². The summed E-state index contributed by atoms with van der Waals surface area (Å²) in [7, 11) is 0. The summed E-state index contributed by atoms with van der Waals surface area (Å²) in [6.45, 7) is 0. The number of carbonyl (C=O) groups excluding carboxylic acids is 1. The van der Waals surface area contributed by atoms with E-state index in [4.69, 9.17) is 4.74 Å². The molecule has 0 amide bonds. The van der Waals surface area contributed by atoms with Crippen molar-refractivity contribution in [2.75, 3.05) is 0 Å². The van der Waals surface area contributed by atoms with Crippen LogP contribution in [0.1, 0.15) is 12.8 Å². The zero-order valence-electron chi connectivity index (χ0n) is 7.30. The zero-order valence-corrected chi connectivity index (χ0v) is 8.88. The van der Waals surface area contributed by atoms with Gasteiger partial charge in [0.25, 0.3) is 0 Å². The first-order valence-corrected chi connectivity index (χ1v) is 5.13. The highest BCUT2D eigenvalue weighted by Crippen LogP contribution is 2.31. The Balaban J connectivity index is 2.11. The number of carbonyl (C=O) groups is 1. The maximum atomic E-state index is 13.2.